The molecule has 1 aromatic carbocycles. The predicted octanol–water partition coefficient (Wildman–Crippen LogP) is 2.62. The maximum Gasteiger partial charge on any atom is 0.410 e. The number of ether oxygens (including phenoxy) is 3. The summed E-state index contributed by atoms with van der Waals surface area (Å²) in [5.41, 5.74) is 8.40. The Morgan fingerprint density at radius 2 is 1.59 bits per heavy atom. The zero-order valence-electron chi connectivity index (χ0n) is 31.1. The van der Waals surface area contributed by atoms with Crippen molar-refractivity contribution in [1.29, 1.82) is 0 Å². The van der Waals surface area contributed by atoms with Crippen LogP contribution in [0.3, 0.4) is 0 Å². The molecule has 300 valence electrons. The molecule has 0 fully saturated rings. The summed E-state index contributed by atoms with van der Waals surface area (Å²) >= 11 is 0. The Morgan fingerprint density at radius 1 is 0.889 bits per heavy atom. The van der Waals surface area contributed by atoms with Gasteiger partial charge in [-0.15, -0.1) is 0 Å². The number of hydrogen-bond acceptors (Lipinski definition) is 12. The number of guanidine groups is 1. The highest BCUT2D eigenvalue weighted by Gasteiger charge is 2.24. The van der Waals surface area contributed by atoms with Gasteiger partial charge in [-0.05, 0) is 63.1 Å². The minimum absolute atomic E-state index is 0.0172. The molecule has 0 heterocycles. The average Bonchev–Trinajstić information content (AvgIpc) is 3.11. The van der Waals surface area contributed by atoms with Crippen LogP contribution in [0.4, 0.5) is 4.79 Å². The van der Waals surface area contributed by atoms with Gasteiger partial charge in [0.2, 0.25) is 12.2 Å². The Hall–Kier alpha value is -5.55. The number of amides is 2. The molecule has 6 N–H and O–H groups in total. The van der Waals surface area contributed by atoms with Crippen LogP contribution in [-0.2, 0) is 49.5 Å². The number of carboxylic acids is 2. The van der Waals surface area contributed by atoms with E-state index in [2.05, 4.69) is 10.3 Å². The van der Waals surface area contributed by atoms with E-state index >= 15 is 0 Å². The molecule has 0 aliphatic rings. The zero-order chi connectivity index (χ0) is 40.5. The molecule has 18 nitrogen and oxygen atoms in total. The highest BCUT2D eigenvalue weighted by atomic mass is 16.7. The molecule has 0 aromatic heterocycles. The van der Waals surface area contributed by atoms with Crippen molar-refractivity contribution in [3.05, 3.63) is 34.9 Å². The first kappa shape index (κ1) is 46.5. The number of nitrogens with zero attached hydrogens (tertiary/aromatic N) is 2. The lowest BCUT2D eigenvalue weighted by atomic mass is 9.98. The molecular formula is C36H53N5O13. The third-order valence-electron chi connectivity index (χ3n) is 8.13. The lowest BCUT2D eigenvalue weighted by molar-refractivity contribution is -0.154. The van der Waals surface area contributed by atoms with E-state index in [1.807, 2.05) is 37.5 Å². The standard InChI is InChI=1S/C36H53N5O13/c1-24-17-25(21-41(3)35(37)38-2)19-26(18-24)30(45)10-6-4-5-9-28(52-22-42)20-27(44)12-14-31(46)39-16-8-7-11-33(53-23-43)54-36(51)40-29(34(49)50)13-15-32(47)48/h17-19,22-23,28-29,33H,4-16,20-21H2,1-3H3,(H2,37,38)(H,39,46)(H,40,51)(H,47,48)(H,49,50)/t28?,29-,33-/m0/s1. The number of aryl methyl sites for hydroxylation is 1. The van der Waals surface area contributed by atoms with Gasteiger partial charge in [0.05, 0.1) is 0 Å². The minimum atomic E-state index is -1.52. The summed E-state index contributed by atoms with van der Waals surface area (Å²) in [6.07, 6.45) is -0.847. The Morgan fingerprint density at radius 3 is 2.24 bits per heavy atom. The van der Waals surface area contributed by atoms with Crippen molar-refractivity contribution in [2.75, 3.05) is 20.6 Å². The smallest absolute Gasteiger partial charge is 0.410 e. The number of rotatable bonds is 29. The van der Waals surface area contributed by atoms with Gasteiger partial charge in [-0.1, -0.05) is 18.1 Å². The van der Waals surface area contributed by atoms with Crippen molar-refractivity contribution in [2.45, 2.75) is 115 Å². The molecule has 2 amide bonds. The molecule has 54 heavy (non-hydrogen) atoms. The van der Waals surface area contributed by atoms with Gasteiger partial charge >= 0.3 is 18.0 Å². The van der Waals surface area contributed by atoms with Gasteiger partial charge in [0.15, 0.2) is 11.7 Å². The van der Waals surface area contributed by atoms with Crippen LogP contribution in [0.1, 0.15) is 105 Å². The first-order valence-corrected chi connectivity index (χ1v) is 17.6. The van der Waals surface area contributed by atoms with E-state index in [-0.39, 0.29) is 62.6 Å². The van der Waals surface area contributed by atoms with Crippen molar-refractivity contribution in [2.24, 2.45) is 10.7 Å². The number of hydrogen-bond donors (Lipinski definition) is 5. The van der Waals surface area contributed by atoms with Crippen LogP contribution in [0.2, 0.25) is 0 Å². The number of aliphatic carboxylic acids is 2. The third kappa shape index (κ3) is 20.5. The molecule has 0 radical (unpaired) electrons. The van der Waals surface area contributed by atoms with Gasteiger partial charge in [0.25, 0.3) is 12.9 Å². The Labute approximate surface area is 314 Å². The first-order valence-electron chi connectivity index (χ1n) is 17.6. The lowest BCUT2D eigenvalue weighted by Crippen LogP contribution is -2.42. The Bertz CT molecular complexity index is 1450. The number of alkyl carbamates (subject to hydrolysis) is 1. The van der Waals surface area contributed by atoms with Crippen molar-refractivity contribution in [1.82, 2.24) is 15.5 Å². The molecule has 3 atom stereocenters. The van der Waals surface area contributed by atoms with Crippen molar-refractivity contribution >= 4 is 54.4 Å². The normalized spacial score (nSPS) is 12.7. The van der Waals surface area contributed by atoms with Crippen LogP contribution in [0.5, 0.6) is 0 Å². The second-order valence-electron chi connectivity index (χ2n) is 12.6. The second-order valence-corrected chi connectivity index (χ2v) is 12.6. The number of nitrogens with two attached hydrogens (primary N) is 1. The van der Waals surface area contributed by atoms with Gasteiger partial charge in [0, 0.05) is 71.3 Å². The fourth-order valence-corrected chi connectivity index (χ4v) is 5.31. The molecule has 0 saturated carbocycles. The summed E-state index contributed by atoms with van der Waals surface area (Å²) in [4.78, 5) is 99.2. The molecular weight excluding hydrogens is 710 g/mol. The van der Waals surface area contributed by atoms with E-state index in [1.165, 1.54) is 0 Å². The number of carbonyl (C=O) groups is 8. The predicted molar refractivity (Wildman–Crippen MR) is 193 cm³/mol. The van der Waals surface area contributed by atoms with Crippen molar-refractivity contribution in [3.63, 3.8) is 0 Å². The fourth-order valence-electron chi connectivity index (χ4n) is 5.31. The van der Waals surface area contributed by atoms with E-state index in [0.29, 0.717) is 69.5 Å². The summed E-state index contributed by atoms with van der Waals surface area (Å²) in [5.74, 6) is -2.94. The largest absolute Gasteiger partial charge is 0.481 e. The lowest BCUT2D eigenvalue weighted by Gasteiger charge is -2.18. The summed E-state index contributed by atoms with van der Waals surface area (Å²) in [5, 5.41) is 22.5. The maximum atomic E-state index is 12.9. The number of ketones is 2. The number of benzene rings is 1. The minimum Gasteiger partial charge on any atom is -0.481 e. The summed E-state index contributed by atoms with van der Waals surface area (Å²) < 4.78 is 14.7. The Kier molecular flexibility index (Phi) is 22.6. The topological polar surface area (TPSA) is 270 Å². The fraction of sp³-hybridized carbons (Fsp3) is 0.583. The molecule has 0 bridgehead atoms. The van der Waals surface area contributed by atoms with Crippen LogP contribution >= 0.6 is 0 Å². The van der Waals surface area contributed by atoms with E-state index in [0.717, 1.165) is 11.1 Å². The number of carbonyl (C=O) groups excluding carboxylic acids is 6. The SMILES string of the molecule is CN=C(N)N(C)Cc1cc(C)cc(C(=O)CCCCCC(CC(=O)CCC(=O)NCCCC[C@@H](OC=O)OC(=O)N[C@@H](CCC(=O)O)C(=O)O)OC=O)c1. The summed E-state index contributed by atoms with van der Waals surface area (Å²) in [6.45, 7) is 2.98. The number of carboxylic acid groups (broad SMARTS) is 2. The van der Waals surface area contributed by atoms with Gasteiger partial charge < -0.3 is 45.7 Å². The van der Waals surface area contributed by atoms with Crippen LogP contribution in [-0.4, -0.2) is 109 Å². The van der Waals surface area contributed by atoms with Crippen LogP contribution in [0.25, 0.3) is 0 Å². The van der Waals surface area contributed by atoms with Gasteiger partial charge in [-0.25, -0.2) is 9.59 Å². The van der Waals surface area contributed by atoms with Crippen molar-refractivity contribution in [3.8, 4) is 0 Å². The second kappa shape index (κ2) is 26.3. The number of nitrogens with one attached hydrogen (secondary N) is 2. The van der Waals surface area contributed by atoms with E-state index in [4.69, 9.17) is 30.2 Å². The Balaban J connectivity index is 2.37. The van der Waals surface area contributed by atoms with E-state index in [1.54, 1.807) is 11.9 Å². The van der Waals surface area contributed by atoms with Crippen molar-refractivity contribution < 1.29 is 62.8 Å². The molecule has 0 aliphatic carbocycles. The maximum absolute atomic E-state index is 12.9. The van der Waals surface area contributed by atoms with E-state index in [9.17, 15) is 38.4 Å². The molecule has 18 heteroatoms. The van der Waals surface area contributed by atoms with Crippen LogP contribution in [0, 0.1) is 6.92 Å². The summed E-state index contributed by atoms with van der Waals surface area (Å²) in [7, 11) is 3.43. The van der Waals surface area contributed by atoms with Gasteiger partial charge in [-0.2, -0.15) is 0 Å². The monoisotopic (exact) mass is 763 g/mol. The molecule has 0 spiro atoms. The first-order chi connectivity index (χ1) is 25.7. The highest BCUT2D eigenvalue weighted by molar-refractivity contribution is 5.96. The van der Waals surface area contributed by atoms with Gasteiger partial charge in [0.1, 0.15) is 17.9 Å². The third-order valence-corrected chi connectivity index (χ3v) is 8.13. The molecule has 0 aliphatic heterocycles. The molecule has 0 saturated heterocycles. The van der Waals surface area contributed by atoms with E-state index < -0.39 is 42.9 Å². The number of aliphatic imine (C=N–C) groups is 1. The quantitative estimate of drug-likeness (QED) is 0.0196. The van der Waals surface area contributed by atoms with Crippen LogP contribution in [0.15, 0.2) is 23.2 Å². The highest BCUT2D eigenvalue weighted by Crippen LogP contribution is 2.17. The average molecular weight is 764 g/mol. The molecule has 1 unspecified atom stereocenters. The number of unbranched alkanes of at least 4 members (excludes halogenated alkanes) is 3. The molecule has 1 aromatic rings. The zero-order valence-corrected chi connectivity index (χ0v) is 31.1. The van der Waals surface area contributed by atoms with Gasteiger partial charge in [-0.3, -0.25) is 33.8 Å². The summed E-state index contributed by atoms with van der Waals surface area (Å²) in [6, 6.07) is 4.18. The number of Topliss-reactive ketones (excluding diaryl/α,β-unsaturated/α-hetero) is 2. The molecule has 1 rings (SSSR count). The van der Waals surface area contributed by atoms with Crippen LogP contribution < -0.4 is 16.4 Å².